The Balaban J connectivity index is 2.49. The van der Waals surface area contributed by atoms with Crippen LogP contribution >= 0.6 is 10.7 Å². The lowest BCUT2D eigenvalue weighted by Crippen LogP contribution is -2.08. The summed E-state index contributed by atoms with van der Waals surface area (Å²) in [6, 6.07) is 6.97. The number of aromatic carboxylic acids is 2. The van der Waals surface area contributed by atoms with Crippen LogP contribution < -0.4 is 0 Å². The Kier molecular flexibility index (Phi) is 3.61. The number of halogens is 1. The molecule has 0 aliphatic carbocycles. The van der Waals surface area contributed by atoms with E-state index in [9.17, 15) is 23.1 Å². The molecule has 0 radical (unpaired) electrons. The van der Waals surface area contributed by atoms with E-state index < -0.39 is 31.6 Å². The number of pyridine rings is 2. The average molecular weight is 367 g/mol. The second-order valence-electron chi connectivity index (χ2n) is 4.79. The maximum Gasteiger partial charge on any atom is 0.355 e. The van der Waals surface area contributed by atoms with Crippen LogP contribution in [0, 0.1) is 0 Å². The molecule has 2 heterocycles. The van der Waals surface area contributed by atoms with Crippen molar-refractivity contribution < 1.29 is 28.2 Å². The monoisotopic (exact) mass is 366 g/mol. The van der Waals surface area contributed by atoms with E-state index >= 15 is 0 Å². The average Bonchev–Trinajstić information content (AvgIpc) is 2.51. The molecule has 2 aromatic heterocycles. The third kappa shape index (κ3) is 2.63. The predicted octanol–water partition coefficient (Wildman–Crippen LogP) is 2.11. The molecule has 8 nitrogen and oxygen atoms in total. The SMILES string of the molecule is O=C(O)c1ccc2ccc3cc(S(=O)(=O)Cl)c(C(=O)O)nc3c2n1. The van der Waals surface area contributed by atoms with Gasteiger partial charge in [0.1, 0.15) is 10.6 Å². The van der Waals surface area contributed by atoms with Gasteiger partial charge < -0.3 is 10.2 Å². The lowest BCUT2D eigenvalue weighted by atomic mass is 10.1. The standard InChI is InChI=1S/C14H7ClN2O6S/c15-24(22,23)9-5-7-2-1-6-3-4-8(13(18)19)16-10(6)11(7)17-12(9)14(20)21/h1-5H,(H,18,19)(H,20,21). The normalized spacial score (nSPS) is 11.7. The Morgan fingerprint density at radius 1 is 0.917 bits per heavy atom. The number of aromatic nitrogens is 2. The van der Waals surface area contributed by atoms with Crippen LogP contribution in [0.5, 0.6) is 0 Å². The Bertz CT molecular complexity index is 1140. The van der Waals surface area contributed by atoms with E-state index in [1.807, 2.05) is 0 Å². The first-order chi connectivity index (χ1) is 11.2. The van der Waals surface area contributed by atoms with Gasteiger partial charge in [-0.15, -0.1) is 0 Å². The smallest absolute Gasteiger partial charge is 0.355 e. The molecule has 10 heteroatoms. The molecule has 24 heavy (non-hydrogen) atoms. The van der Waals surface area contributed by atoms with Crippen LogP contribution in [-0.4, -0.2) is 40.5 Å². The topological polar surface area (TPSA) is 135 Å². The molecule has 122 valence electrons. The fraction of sp³-hybridized carbons (Fsp3) is 0. The molecule has 1 aromatic carbocycles. The summed E-state index contributed by atoms with van der Waals surface area (Å²) in [6.45, 7) is 0. The van der Waals surface area contributed by atoms with Crippen LogP contribution in [0.15, 0.2) is 35.2 Å². The van der Waals surface area contributed by atoms with Gasteiger partial charge >= 0.3 is 11.9 Å². The molecule has 0 spiro atoms. The minimum atomic E-state index is -4.33. The van der Waals surface area contributed by atoms with Crippen molar-refractivity contribution in [1.82, 2.24) is 9.97 Å². The van der Waals surface area contributed by atoms with Crippen molar-refractivity contribution in [2.45, 2.75) is 4.90 Å². The van der Waals surface area contributed by atoms with E-state index in [1.165, 1.54) is 18.2 Å². The molecular formula is C14H7ClN2O6S. The summed E-state index contributed by atoms with van der Waals surface area (Å²) in [7, 11) is 0.938. The van der Waals surface area contributed by atoms with Crippen molar-refractivity contribution in [1.29, 1.82) is 0 Å². The fourth-order valence-corrected chi connectivity index (χ4v) is 3.24. The number of benzene rings is 1. The molecule has 0 aliphatic heterocycles. The molecule has 0 fully saturated rings. The van der Waals surface area contributed by atoms with Crippen LogP contribution in [0.25, 0.3) is 21.8 Å². The third-order valence-corrected chi connectivity index (χ3v) is 4.63. The second kappa shape index (κ2) is 5.39. The first-order valence-electron chi connectivity index (χ1n) is 6.34. The van der Waals surface area contributed by atoms with Crippen molar-refractivity contribution in [3.8, 4) is 0 Å². The molecule has 3 rings (SSSR count). The van der Waals surface area contributed by atoms with Crippen molar-refractivity contribution >= 4 is 53.5 Å². The van der Waals surface area contributed by atoms with Crippen molar-refractivity contribution in [2.75, 3.05) is 0 Å². The molecule has 0 aliphatic rings. The van der Waals surface area contributed by atoms with E-state index in [1.54, 1.807) is 6.07 Å². The zero-order valence-corrected chi connectivity index (χ0v) is 13.2. The van der Waals surface area contributed by atoms with Gasteiger partial charge in [0.2, 0.25) is 0 Å². The summed E-state index contributed by atoms with van der Waals surface area (Å²) in [5, 5.41) is 19.0. The van der Waals surface area contributed by atoms with E-state index in [0.717, 1.165) is 6.07 Å². The minimum absolute atomic E-state index is 0.0667. The first kappa shape index (κ1) is 16.1. The molecular weight excluding hydrogens is 360 g/mol. The van der Waals surface area contributed by atoms with E-state index in [0.29, 0.717) is 5.39 Å². The van der Waals surface area contributed by atoms with Gasteiger partial charge in [0.15, 0.2) is 5.69 Å². The number of fused-ring (bicyclic) bond motifs is 3. The van der Waals surface area contributed by atoms with Crippen molar-refractivity contribution in [3.05, 3.63) is 41.7 Å². The second-order valence-corrected chi connectivity index (χ2v) is 7.32. The maximum absolute atomic E-state index is 11.6. The Morgan fingerprint density at radius 2 is 1.50 bits per heavy atom. The van der Waals surface area contributed by atoms with Gasteiger partial charge in [-0.3, -0.25) is 0 Å². The summed E-state index contributed by atoms with van der Waals surface area (Å²) >= 11 is 0. The highest BCUT2D eigenvalue weighted by Gasteiger charge is 2.24. The molecule has 2 N–H and O–H groups in total. The highest BCUT2D eigenvalue weighted by Crippen LogP contribution is 2.28. The van der Waals surface area contributed by atoms with Gasteiger partial charge in [0.25, 0.3) is 9.05 Å². The number of carboxylic acid groups (broad SMARTS) is 2. The third-order valence-electron chi connectivity index (χ3n) is 3.29. The van der Waals surface area contributed by atoms with Gasteiger partial charge in [0, 0.05) is 21.5 Å². The molecule has 0 unspecified atom stereocenters. The quantitative estimate of drug-likeness (QED) is 0.531. The summed E-state index contributed by atoms with van der Waals surface area (Å²) in [6.07, 6.45) is 0. The maximum atomic E-state index is 11.6. The molecule has 3 aromatic rings. The zero-order valence-electron chi connectivity index (χ0n) is 11.6. The summed E-state index contributed by atoms with van der Waals surface area (Å²) in [5.74, 6) is -2.84. The molecule has 0 bridgehead atoms. The Labute approximate surface area is 138 Å². The number of rotatable bonds is 3. The van der Waals surface area contributed by atoms with Crippen LogP contribution in [0.1, 0.15) is 21.0 Å². The Hall–Kier alpha value is -2.78. The number of carboxylic acids is 2. The van der Waals surface area contributed by atoms with Crippen LogP contribution in [-0.2, 0) is 9.05 Å². The minimum Gasteiger partial charge on any atom is -0.477 e. The first-order valence-corrected chi connectivity index (χ1v) is 8.65. The number of hydrogen-bond acceptors (Lipinski definition) is 6. The van der Waals surface area contributed by atoms with Crippen molar-refractivity contribution in [2.24, 2.45) is 0 Å². The zero-order chi connectivity index (χ0) is 17.6. The molecule has 0 saturated heterocycles. The fourth-order valence-electron chi connectivity index (χ4n) is 2.26. The lowest BCUT2D eigenvalue weighted by Gasteiger charge is -2.07. The van der Waals surface area contributed by atoms with E-state index in [4.69, 9.17) is 15.8 Å². The molecule has 0 amide bonds. The van der Waals surface area contributed by atoms with Crippen molar-refractivity contribution in [3.63, 3.8) is 0 Å². The summed E-state index contributed by atoms with van der Waals surface area (Å²) in [4.78, 5) is 29.6. The van der Waals surface area contributed by atoms with Gasteiger partial charge in [-0.05, 0) is 12.1 Å². The highest BCUT2D eigenvalue weighted by molar-refractivity contribution is 8.13. The van der Waals surface area contributed by atoms with Crippen LogP contribution in [0.3, 0.4) is 0 Å². The largest absolute Gasteiger partial charge is 0.477 e. The lowest BCUT2D eigenvalue weighted by molar-refractivity contribution is 0.0677. The van der Waals surface area contributed by atoms with E-state index in [-0.39, 0.29) is 22.1 Å². The Morgan fingerprint density at radius 3 is 2.08 bits per heavy atom. The molecule has 0 saturated carbocycles. The summed E-state index contributed by atoms with van der Waals surface area (Å²) < 4.78 is 23.2. The van der Waals surface area contributed by atoms with E-state index in [2.05, 4.69) is 9.97 Å². The number of nitrogens with zero attached hydrogens (tertiary/aromatic N) is 2. The predicted molar refractivity (Wildman–Crippen MR) is 84.0 cm³/mol. The van der Waals surface area contributed by atoms with Gasteiger partial charge in [0.05, 0.1) is 11.0 Å². The number of hydrogen-bond donors (Lipinski definition) is 2. The van der Waals surface area contributed by atoms with Gasteiger partial charge in [-0.1, -0.05) is 18.2 Å². The van der Waals surface area contributed by atoms with Gasteiger partial charge in [-0.2, -0.15) is 0 Å². The highest BCUT2D eigenvalue weighted by atomic mass is 35.7. The molecule has 0 atom stereocenters. The summed E-state index contributed by atoms with van der Waals surface area (Å²) in [5.41, 5.74) is -0.791. The number of carbonyl (C=O) groups is 2. The van der Waals surface area contributed by atoms with Crippen LogP contribution in [0.4, 0.5) is 0 Å². The van der Waals surface area contributed by atoms with Crippen LogP contribution in [0.2, 0.25) is 0 Å². The van der Waals surface area contributed by atoms with Gasteiger partial charge in [-0.25, -0.2) is 28.0 Å².